The molecule has 0 aliphatic rings. The lowest BCUT2D eigenvalue weighted by molar-refractivity contribution is -0.119. The van der Waals surface area contributed by atoms with Crippen molar-refractivity contribution in [3.05, 3.63) is 70.5 Å². The lowest BCUT2D eigenvalue weighted by Gasteiger charge is -2.09. The van der Waals surface area contributed by atoms with E-state index in [0.29, 0.717) is 28.9 Å². The molecular formula is C19H18N4O4. The maximum absolute atomic E-state index is 12.0. The molecule has 1 heterocycles. The van der Waals surface area contributed by atoms with Crippen molar-refractivity contribution in [3.63, 3.8) is 0 Å². The van der Waals surface area contributed by atoms with E-state index in [9.17, 15) is 14.4 Å². The van der Waals surface area contributed by atoms with E-state index in [2.05, 4.69) is 15.6 Å². The van der Waals surface area contributed by atoms with Crippen LogP contribution >= 0.6 is 0 Å². The van der Waals surface area contributed by atoms with Gasteiger partial charge in [0.2, 0.25) is 0 Å². The molecule has 0 radical (unpaired) electrons. The number of nitrogens with one attached hydrogen (secondary N) is 3. The van der Waals surface area contributed by atoms with Crippen molar-refractivity contribution in [2.45, 2.75) is 6.54 Å². The number of fused-ring (bicyclic) bond motifs is 1. The van der Waals surface area contributed by atoms with E-state index in [0.717, 1.165) is 5.56 Å². The largest absolute Gasteiger partial charge is 0.484 e. The van der Waals surface area contributed by atoms with Gasteiger partial charge in [0.15, 0.2) is 12.0 Å². The van der Waals surface area contributed by atoms with E-state index in [1.165, 1.54) is 6.07 Å². The van der Waals surface area contributed by atoms with Crippen molar-refractivity contribution in [1.82, 2.24) is 10.3 Å². The first-order chi connectivity index (χ1) is 13.0. The molecule has 27 heavy (non-hydrogen) atoms. The fourth-order valence-electron chi connectivity index (χ4n) is 2.48. The van der Waals surface area contributed by atoms with Gasteiger partial charge in [-0.2, -0.15) is 0 Å². The van der Waals surface area contributed by atoms with Gasteiger partial charge in [-0.3, -0.25) is 9.59 Å². The molecule has 3 amide bonds. The highest BCUT2D eigenvalue weighted by atomic mass is 16.5. The summed E-state index contributed by atoms with van der Waals surface area (Å²) in [6.07, 6.45) is 1.59. The van der Waals surface area contributed by atoms with Crippen LogP contribution in [-0.2, 0) is 11.3 Å². The van der Waals surface area contributed by atoms with Crippen LogP contribution in [0, 0.1) is 0 Å². The van der Waals surface area contributed by atoms with Crippen LogP contribution in [0.1, 0.15) is 5.56 Å². The first-order valence-corrected chi connectivity index (χ1v) is 8.17. The number of ether oxygens (including phenoxy) is 1. The van der Waals surface area contributed by atoms with Gasteiger partial charge in [0, 0.05) is 35.4 Å². The van der Waals surface area contributed by atoms with Crippen LogP contribution in [0.3, 0.4) is 0 Å². The number of amides is 3. The molecule has 0 spiro atoms. The highest BCUT2D eigenvalue weighted by Crippen LogP contribution is 2.15. The first kappa shape index (κ1) is 18.0. The van der Waals surface area contributed by atoms with E-state index in [1.54, 1.807) is 42.6 Å². The summed E-state index contributed by atoms with van der Waals surface area (Å²) in [7, 11) is 0. The second kappa shape index (κ2) is 8.05. The molecule has 0 unspecified atom stereocenters. The zero-order valence-corrected chi connectivity index (χ0v) is 14.3. The molecule has 138 valence electrons. The minimum absolute atomic E-state index is 0.0516. The highest BCUT2D eigenvalue weighted by Gasteiger charge is 2.04. The number of carbonyl (C=O) groups is 2. The van der Waals surface area contributed by atoms with Gasteiger partial charge in [-0.1, -0.05) is 6.07 Å². The molecule has 8 heteroatoms. The molecule has 3 aromatic rings. The van der Waals surface area contributed by atoms with Crippen molar-refractivity contribution < 1.29 is 14.3 Å². The normalized spacial score (nSPS) is 10.4. The van der Waals surface area contributed by atoms with Gasteiger partial charge >= 0.3 is 6.03 Å². The quantitative estimate of drug-likeness (QED) is 0.530. The maximum Gasteiger partial charge on any atom is 0.319 e. The average molecular weight is 366 g/mol. The maximum atomic E-state index is 12.0. The molecule has 3 rings (SSSR count). The molecule has 0 saturated heterocycles. The summed E-state index contributed by atoms with van der Waals surface area (Å²) >= 11 is 0. The number of benzene rings is 2. The molecule has 1 aromatic heterocycles. The number of nitrogens with two attached hydrogens (primary N) is 1. The number of primary amides is 1. The average Bonchev–Trinajstić information content (AvgIpc) is 2.66. The summed E-state index contributed by atoms with van der Waals surface area (Å²) in [5, 5.41) is 6.04. The molecule has 8 nitrogen and oxygen atoms in total. The summed E-state index contributed by atoms with van der Waals surface area (Å²) in [5.41, 5.74) is 7.10. The first-order valence-electron chi connectivity index (χ1n) is 8.17. The van der Waals surface area contributed by atoms with Crippen molar-refractivity contribution in [2.75, 3.05) is 11.9 Å². The fourth-order valence-corrected chi connectivity index (χ4v) is 2.48. The van der Waals surface area contributed by atoms with Gasteiger partial charge in [-0.05, 0) is 42.0 Å². The second-order valence-electron chi connectivity index (χ2n) is 5.81. The van der Waals surface area contributed by atoms with E-state index < -0.39 is 5.91 Å². The Kier molecular flexibility index (Phi) is 5.36. The smallest absolute Gasteiger partial charge is 0.319 e. The molecule has 2 aromatic carbocycles. The van der Waals surface area contributed by atoms with Crippen LogP contribution in [0.25, 0.3) is 10.9 Å². The summed E-state index contributed by atoms with van der Waals surface area (Å²) in [6.45, 7) is 0.1000. The molecule has 0 fully saturated rings. The number of carbonyl (C=O) groups excluding carboxylic acids is 2. The Hall–Kier alpha value is -3.81. The third-order valence-electron chi connectivity index (χ3n) is 3.77. The van der Waals surface area contributed by atoms with Gasteiger partial charge in [0.1, 0.15) is 5.75 Å². The minimum Gasteiger partial charge on any atom is -0.484 e. The summed E-state index contributed by atoms with van der Waals surface area (Å²) in [5.74, 6) is -0.0840. The molecular weight excluding hydrogens is 348 g/mol. The molecule has 5 N–H and O–H groups in total. The molecule has 0 aliphatic heterocycles. The van der Waals surface area contributed by atoms with Gasteiger partial charge in [-0.15, -0.1) is 0 Å². The lowest BCUT2D eigenvalue weighted by atomic mass is 10.1. The number of aromatic amines is 1. The molecule has 0 bridgehead atoms. The monoisotopic (exact) mass is 366 g/mol. The Bertz CT molecular complexity index is 1030. The van der Waals surface area contributed by atoms with E-state index in [-0.39, 0.29) is 18.1 Å². The number of urea groups is 1. The Morgan fingerprint density at radius 2 is 1.85 bits per heavy atom. The number of anilines is 1. The standard InChI is InChI=1S/C19H18N4O4/c20-18(25)11-27-14-4-2-13(3-5-14)23-19(26)22-10-12-1-6-15-16(9-12)21-8-7-17(15)24/h1-9H,10-11H2,(H2,20,25)(H,21,24)(H2,22,23,26). The van der Waals surface area contributed by atoms with Crippen LogP contribution in [0.2, 0.25) is 0 Å². The van der Waals surface area contributed by atoms with Gasteiger partial charge < -0.3 is 26.1 Å². The zero-order chi connectivity index (χ0) is 19.2. The van der Waals surface area contributed by atoms with Crippen LogP contribution < -0.4 is 26.5 Å². The number of H-pyrrole nitrogens is 1. The Morgan fingerprint density at radius 1 is 1.07 bits per heavy atom. The topological polar surface area (TPSA) is 126 Å². The van der Waals surface area contributed by atoms with Crippen molar-refractivity contribution in [3.8, 4) is 5.75 Å². The molecule has 0 saturated carbocycles. The molecule has 0 atom stereocenters. The van der Waals surface area contributed by atoms with Crippen LogP contribution in [-0.4, -0.2) is 23.5 Å². The van der Waals surface area contributed by atoms with Gasteiger partial charge in [-0.25, -0.2) is 4.79 Å². The zero-order valence-electron chi connectivity index (χ0n) is 14.3. The number of rotatable bonds is 6. The number of pyridine rings is 1. The van der Waals surface area contributed by atoms with E-state index in [1.807, 2.05) is 6.07 Å². The second-order valence-corrected chi connectivity index (χ2v) is 5.81. The van der Waals surface area contributed by atoms with E-state index >= 15 is 0 Å². The Balaban J connectivity index is 1.55. The number of aromatic nitrogens is 1. The third kappa shape index (κ3) is 4.85. The number of hydrogen-bond donors (Lipinski definition) is 4. The fraction of sp³-hybridized carbons (Fsp3) is 0.105. The predicted octanol–water partition coefficient (Wildman–Crippen LogP) is 1.71. The van der Waals surface area contributed by atoms with Crippen molar-refractivity contribution in [1.29, 1.82) is 0 Å². The minimum atomic E-state index is -0.561. The highest BCUT2D eigenvalue weighted by molar-refractivity contribution is 5.89. The SMILES string of the molecule is NC(=O)COc1ccc(NC(=O)NCc2ccc3c(=O)cc[nH]c3c2)cc1. The molecule has 0 aliphatic carbocycles. The Morgan fingerprint density at radius 3 is 2.59 bits per heavy atom. The lowest BCUT2D eigenvalue weighted by Crippen LogP contribution is -2.28. The summed E-state index contributed by atoms with van der Waals surface area (Å²) < 4.78 is 5.15. The van der Waals surface area contributed by atoms with Crippen LogP contribution in [0.15, 0.2) is 59.5 Å². The van der Waals surface area contributed by atoms with Gasteiger partial charge in [0.05, 0.1) is 0 Å². The van der Waals surface area contributed by atoms with Gasteiger partial charge in [0.25, 0.3) is 5.91 Å². The Labute approximate surface area is 154 Å². The third-order valence-corrected chi connectivity index (χ3v) is 3.77. The summed E-state index contributed by atoms with van der Waals surface area (Å²) in [6, 6.07) is 13.0. The predicted molar refractivity (Wildman–Crippen MR) is 102 cm³/mol. The van der Waals surface area contributed by atoms with Crippen LogP contribution in [0.5, 0.6) is 5.75 Å². The van der Waals surface area contributed by atoms with E-state index in [4.69, 9.17) is 10.5 Å². The van der Waals surface area contributed by atoms with Crippen molar-refractivity contribution >= 4 is 28.5 Å². The number of hydrogen-bond acceptors (Lipinski definition) is 4. The van der Waals surface area contributed by atoms with Crippen LogP contribution in [0.4, 0.5) is 10.5 Å². The van der Waals surface area contributed by atoms with Crippen molar-refractivity contribution in [2.24, 2.45) is 5.73 Å². The summed E-state index contributed by atoms with van der Waals surface area (Å²) in [4.78, 5) is 37.4.